The summed E-state index contributed by atoms with van der Waals surface area (Å²) in [7, 11) is 0. The van der Waals surface area contributed by atoms with Crippen molar-refractivity contribution in [3.05, 3.63) is 29.8 Å². The Balaban J connectivity index is 2.43. The minimum Gasteiger partial charge on any atom is -0.434 e. The Morgan fingerprint density at radius 3 is 2.43 bits per heavy atom. The number of ether oxygens (including phenoxy) is 1. The maximum absolute atomic E-state index is 12.3. The normalized spacial score (nSPS) is 13.5. The molecule has 120 valence electrons. The summed E-state index contributed by atoms with van der Waals surface area (Å²) < 4.78 is 64.9. The first-order valence-electron chi connectivity index (χ1n) is 6.63. The van der Waals surface area contributed by atoms with Crippen LogP contribution < -0.4 is 10.1 Å². The Morgan fingerprint density at radius 2 is 1.81 bits per heavy atom. The molecule has 0 saturated heterocycles. The smallest absolute Gasteiger partial charge is 0.389 e. The first-order chi connectivity index (χ1) is 9.79. The van der Waals surface area contributed by atoms with Crippen molar-refractivity contribution >= 4 is 0 Å². The molecule has 21 heavy (non-hydrogen) atoms. The maximum Gasteiger partial charge on any atom is 0.389 e. The van der Waals surface area contributed by atoms with Crippen LogP contribution in [-0.4, -0.2) is 19.3 Å². The summed E-state index contributed by atoms with van der Waals surface area (Å²) in [6.07, 6.45) is -4.54. The summed E-state index contributed by atoms with van der Waals surface area (Å²) in [6, 6.07) is 6.06. The summed E-state index contributed by atoms with van der Waals surface area (Å²) in [6.45, 7) is -0.789. The SMILES string of the molecule is CC(NCCCCC(F)(F)F)c1ccccc1OC(F)F. The van der Waals surface area contributed by atoms with Crippen LogP contribution in [0.2, 0.25) is 0 Å². The van der Waals surface area contributed by atoms with Crippen LogP contribution >= 0.6 is 0 Å². The van der Waals surface area contributed by atoms with E-state index in [0.717, 1.165) is 0 Å². The zero-order chi connectivity index (χ0) is 15.9. The number of alkyl halides is 5. The first kappa shape index (κ1) is 17.7. The molecule has 0 heterocycles. The van der Waals surface area contributed by atoms with Gasteiger partial charge in [-0.3, -0.25) is 0 Å². The second kappa shape index (κ2) is 8.17. The van der Waals surface area contributed by atoms with E-state index < -0.39 is 19.2 Å². The fourth-order valence-corrected chi connectivity index (χ4v) is 1.92. The minimum absolute atomic E-state index is 0.0401. The van der Waals surface area contributed by atoms with E-state index in [1.54, 1.807) is 25.1 Å². The predicted octanol–water partition coefficient (Wildman–Crippen LogP) is 4.67. The second-order valence-electron chi connectivity index (χ2n) is 4.66. The molecule has 0 aliphatic heterocycles. The molecule has 1 aromatic rings. The van der Waals surface area contributed by atoms with Gasteiger partial charge in [-0.25, -0.2) is 0 Å². The number of nitrogens with one attached hydrogen (secondary N) is 1. The molecule has 0 fully saturated rings. The van der Waals surface area contributed by atoms with E-state index in [-0.39, 0.29) is 18.2 Å². The van der Waals surface area contributed by atoms with E-state index in [9.17, 15) is 22.0 Å². The molecule has 7 heteroatoms. The zero-order valence-corrected chi connectivity index (χ0v) is 11.6. The van der Waals surface area contributed by atoms with Crippen LogP contribution in [-0.2, 0) is 0 Å². The molecule has 1 rings (SSSR count). The highest BCUT2D eigenvalue weighted by Crippen LogP contribution is 2.26. The van der Waals surface area contributed by atoms with Gasteiger partial charge in [0.15, 0.2) is 0 Å². The fraction of sp³-hybridized carbons (Fsp3) is 0.571. The summed E-state index contributed by atoms with van der Waals surface area (Å²) >= 11 is 0. The largest absolute Gasteiger partial charge is 0.434 e. The number of para-hydroxylation sites is 1. The van der Waals surface area contributed by atoms with Crippen LogP contribution in [0.3, 0.4) is 0 Å². The molecule has 0 aliphatic rings. The summed E-state index contributed by atoms with van der Waals surface area (Å²) in [5.41, 5.74) is 0.550. The van der Waals surface area contributed by atoms with Crippen molar-refractivity contribution in [3.63, 3.8) is 0 Å². The quantitative estimate of drug-likeness (QED) is 0.556. The molecule has 0 aliphatic carbocycles. The van der Waals surface area contributed by atoms with Gasteiger partial charge in [-0.2, -0.15) is 22.0 Å². The highest BCUT2D eigenvalue weighted by atomic mass is 19.4. The van der Waals surface area contributed by atoms with Gasteiger partial charge < -0.3 is 10.1 Å². The highest BCUT2D eigenvalue weighted by Gasteiger charge is 2.25. The molecule has 1 unspecified atom stereocenters. The van der Waals surface area contributed by atoms with Crippen LogP contribution in [0.15, 0.2) is 24.3 Å². The summed E-state index contributed by atoms with van der Waals surface area (Å²) in [5.74, 6) is 0.0720. The van der Waals surface area contributed by atoms with Crippen LogP contribution in [0.25, 0.3) is 0 Å². The van der Waals surface area contributed by atoms with E-state index in [0.29, 0.717) is 18.5 Å². The van der Waals surface area contributed by atoms with Gasteiger partial charge >= 0.3 is 12.8 Å². The topological polar surface area (TPSA) is 21.3 Å². The molecule has 0 radical (unpaired) electrons. The average molecular weight is 311 g/mol. The molecule has 0 saturated carbocycles. The summed E-state index contributed by atoms with van der Waals surface area (Å²) in [5, 5.41) is 3.01. The number of benzene rings is 1. The first-order valence-corrected chi connectivity index (χ1v) is 6.63. The Bertz CT molecular complexity index is 422. The fourth-order valence-electron chi connectivity index (χ4n) is 1.92. The van der Waals surface area contributed by atoms with E-state index in [1.165, 1.54) is 6.07 Å². The standard InChI is InChI=1S/C14H18F5NO/c1-10(20-9-5-4-8-14(17,18)19)11-6-2-3-7-12(11)21-13(15)16/h2-3,6-7,10,13,20H,4-5,8-9H2,1H3. The summed E-state index contributed by atoms with van der Waals surface area (Å²) in [4.78, 5) is 0. The van der Waals surface area contributed by atoms with Crippen LogP contribution in [0.4, 0.5) is 22.0 Å². The monoisotopic (exact) mass is 311 g/mol. The van der Waals surface area contributed by atoms with Gasteiger partial charge in [-0.05, 0) is 32.4 Å². The van der Waals surface area contributed by atoms with Crippen molar-refractivity contribution < 1.29 is 26.7 Å². The van der Waals surface area contributed by atoms with E-state index in [1.807, 2.05) is 0 Å². The number of hydrogen-bond donors (Lipinski definition) is 1. The lowest BCUT2D eigenvalue weighted by atomic mass is 10.1. The minimum atomic E-state index is -4.14. The van der Waals surface area contributed by atoms with Gasteiger partial charge in [0.2, 0.25) is 0 Å². The van der Waals surface area contributed by atoms with Gasteiger partial charge in [-0.1, -0.05) is 18.2 Å². The van der Waals surface area contributed by atoms with Gasteiger partial charge in [-0.15, -0.1) is 0 Å². The number of hydrogen-bond acceptors (Lipinski definition) is 2. The van der Waals surface area contributed by atoms with E-state index in [2.05, 4.69) is 10.1 Å². The number of halogens is 5. The lowest BCUT2D eigenvalue weighted by molar-refractivity contribution is -0.135. The van der Waals surface area contributed by atoms with Crippen molar-refractivity contribution in [2.24, 2.45) is 0 Å². The lowest BCUT2D eigenvalue weighted by Gasteiger charge is -2.18. The van der Waals surface area contributed by atoms with Crippen molar-refractivity contribution in [1.82, 2.24) is 5.32 Å². The number of unbranched alkanes of at least 4 members (excludes halogenated alkanes) is 1. The van der Waals surface area contributed by atoms with Crippen molar-refractivity contribution in [1.29, 1.82) is 0 Å². The van der Waals surface area contributed by atoms with Crippen LogP contribution in [0, 0.1) is 0 Å². The lowest BCUT2D eigenvalue weighted by Crippen LogP contribution is -2.21. The van der Waals surface area contributed by atoms with Crippen LogP contribution in [0.5, 0.6) is 5.75 Å². The predicted molar refractivity (Wildman–Crippen MR) is 69.4 cm³/mol. The molecule has 1 atom stereocenters. The van der Waals surface area contributed by atoms with Crippen molar-refractivity contribution in [3.8, 4) is 5.75 Å². The maximum atomic E-state index is 12.3. The van der Waals surface area contributed by atoms with Gasteiger partial charge in [0.05, 0.1) is 0 Å². The van der Waals surface area contributed by atoms with Gasteiger partial charge in [0.25, 0.3) is 0 Å². The third kappa shape index (κ3) is 7.27. The molecule has 0 bridgehead atoms. The van der Waals surface area contributed by atoms with Crippen molar-refractivity contribution in [2.45, 2.75) is 45.0 Å². The average Bonchev–Trinajstić information content (AvgIpc) is 2.36. The zero-order valence-electron chi connectivity index (χ0n) is 11.6. The van der Waals surface area contributed by atoms with E-state index >= 15 is 0 Å². The Morgan fingerprint density at radius 1 is 1.14 bits per heavy atom. The van der Waals surface area contributed by atoms with Gasteiger partial charge in [0, 0.05) is 18.0 Å². The Kier molecular flexibility index (Phi) is 6.87. The molecule has 0 aromatic heterocycles. The molecular formula is C14H18F5NO. The molecular weight excluding hydrogens is 293 g/mol. The highest BCUT2D eigenvalue weighted by molar-refractivity contribution is 5.35. The molecule has 1 N–H and O–H groups in total. The Labute approximate surface area is 120 Å². The van der Waals surface area contributed by atoms with E-state index in [4.69, 9.17) is 0 Å². The molecule has 0 spiro atoms. The third-order valence-electron chi connectivity index (χ3n) is 2.94. The Hall–Kier alpha value is -1.37. The molecule has 0 amide bonds. The molecule has 2 nitrogen and oxygen atoms in total. The second-order valence-corrected chi connectivity index (χ2v) is 4.66. The van der Waals surface area contributed by atoms with Crippen LogP contribution in [0.1, 0.15) is 37.8 Å². The molecule has 1 aromatic carbocycles. The van der Waals surface area contributed by atoms with Crippen molar-refractivity contribution in [2.75, 3.05) is 6.54 Å². The third-order valence-corrected chi connectivity index (χ3v) is 2.94. The van der Waals surface area contributed by atoms with Gasteiger partial charge in [0.1, 0.15) is 5.75 Å². The number of rotatable bonds is 8.